The van der Waals surface area contributed by atoms with Crippen LogP contribution in [0.15, 0.2) is 39.3 Å². The van der Waals surface area contributed by atoms with Crippen LogP contribution in [-0.4, -0.2) is 17.3 Å². The van der Waals surface area contributed by atoms with Crippen molar-refractivity contribution in [1.82, 2.24) is 0 Å². The Kier molecular flexibility index (Phi) is 7.39. The molecule has 0 bridgehead atoms. The number of phenols is 1. The lowest BCUT2D eigenvalue weighted by molar-refractivity contribution is -0.105. The van der Waals surface area contributed by atoms with Crippen LogP contribution in [0.1, 0.15) is 48.7 Å². The van der Waals surface area contributed by atoms with Gasteiger partial charge in [-0.15, -0.1) is 0 Å². The molecule has 6 heteroatoms. The van der Waals surface area contributed by atoms with Crippen molar-refractivity contribution in [3.8, 4) is 5.75 Å². The van der Waals surface area contributed by atoms with Gasteiger partial charge >= 0.3 is 0 Å². The summed E-state index contributed by atoms with van der Waals surface area (Å²) in [7, 11) is 0. The molecule has 0 fully saturated rings. The van der Waals surface area contributed by atoms with Crippen molar-refractivity contribution in [3.63, 3.8) is 0 Å². The molecular weight excluding hydrogens is 474 g/mol. The molecule has 0 aromatic heterocycles. The highest BCUT2D eigenvalue weighted by Crippen LogP contribution is 2.35. The smallest absolute Gasteiger partial charge is 0.211 e. The first-order valence-electron chi connectivity index (χ1n) is 8.47. The Bertz CT molecular complexity index is 881. The maximum atomic E-state index is 12.4. The van der Waals surface area contributed by atoms with E-state index in [0.29, 0.717) is 33.0 Å². The summed E-state index contributed by atoms with van der Waals surface area (Å²) < 4.78 is 1.14. The molecule has 0 atom stereocenters. The van der Waals surface area contributed by atoms with E-state index in [1.807, 2.05) is 32.9 Å². The lowest BCUT2D eigenvalue weighted by atomic mass is 9.95. The molecule has 0 heterocycles. The van der Waals surface area contributed by atoms with Crippen LogP contribution in [0.4, 0.5) is 5.69 Å². The fourth-order valence-corrected chi connectivity index (χ4v) is 3.94. The number of hydrogen-bond donors (Lipinski definition) is 2. The van der Waals surface area contributed by atoms with Crippen LogP contribution in [0.25, 0.3) is 11.6 Å². The molecule has 0 aliphatic rings. The van der Waals surface area contributed by atoms with Gasteiger partial charge in [0.05, 0.1) is 8.95 Å². The molecule has 0 spiro atoms. The molecule has 4 nitrogen and oxygen atoms in total. The summed E-state index contributed by atoms with van der Waals surface area (Å²) in [5.41, 5.74) is 3.77. The molecule has 0 radical (unpaired) electrons. The number of halogens is 2. The largest absolute Gasteiger partial charge is 0.506 e. The fourth-order valence-electron chi connectivity index (χ4n) is 2.72. The van der Waals surface area contributed by atoms with Gasteiger partial charge in [-0.1, -0.05) is 19.9 Å². The topological polar surface area (TPSA) is 66.4 Å². The summed E-state index contributed by atoms with van der Waals surface area (Å²) in [5, 5.41) is 12.6. The number of aromatic hydroxyl groups is 1. The maximum Gasteiger partial charge on any atom is 0.211 e. The van der Waals surface area contributed by atoms with E-state index >= 15 is 0 Å². The van der Waals surface area contributed by atoms with E-state index in [2.05, 4.69) is 37.2 Å². The van der Waals surface area contributed by atoms with E-state index in [0.717, 1.165) is 16.7 Å². The third-order valence-electron chi connectivity index (χ3n) is 4.00. The normalized spacial score (nSPS) is 11.6. The Morgan fingerprint density at radius 1 is 1.19 bits per heavy atom. The number of Topliss-reactive ketones (excluding diaryl/α,β-unsaturated/α-hetero) is 1. The highest BCUT2D eigenvalue weighted by Gasteiger charge is 2.13. The number of hydrogen-bond acceptors (Lipinski definition) is 3. The SMILES string of the molecule is C/C(=C\c1cc(Br)c(O)c(Br)c1)c1cc(C(=O)CC(C)C)ccc1NC=O. The second-order valence-electron chi connectivity index (χ2n) is 6.70. The van der Waals surface area contributed by atoms with E-state index < -0.39 is 0 Å². The molecule has 0 aliphatic heterocycles. The Morgan fingerprint density at radius 2 is 1.81 bits per heavy atom. The zero-order valence-corrected chi connectivity index (χ0v) is 18.5. The summed E-state index contributed by atoms with van der Waals surface area (Å²) in [4.78, 5) is 23.4. The van der Waals surface area contributed by atoms with E-state index in [1.54, 1.807) is 24.3 Å². The van der Waals surface area contributed by atoms with E-state index in [1.165, 1.54) is 0 Å². The summed E-state index contributed by atoms with van der Waals surface area (Å²) in [6.07, 6.45) is 3.02. The molecule has 27 heavy (non-hydrogen) atoms. The predicted octanol–water partition coefficient (Wildman–Crippen LogP) is 6.27. The van der Waals surface area contributed by atoms with Gasteiger partial charge in [-0.3, -0.25) is 9.59 Å². The zero-order valence-electron chi connectivity index (χ0n) is 15.3. The molecule has 2 N–H and O–H groups in total. The molecule has 0 saturated heterocycles. The number of amides is 1. The van der Waals surface area contributed by atoms with Crippen LogP contribution in [0, 0.1) is 5.92 Å². The summed E-state index contributed by atoms with van der Waals surface area (Å²) in [5.74, 6) is 0.485. The van der Waals surface area contributed by atoms with E-state index in [-0.39, 0.29) is 17.5 Å². The third-order valence-corrected chi connectivity index (χ3v) is 5.21. The number of rotatable bonds is 7. The number of phenolic OH excluding ortho intramolecular Hbond substituents is 1. The minimum Gasteiger partial charge on any atom is -0.506 e. The van der Waals surface area contributed by atoms with Gasteiger partial charge in [0.15, 0.2) is 5.78 Å². The second-order valence-corrected chi connectivity index (χ2v) is 8.41. The quantitative estimate of drug-likeness (QED) is 0.270. The summed E-state index contributed by atoms with van der Waals surface area (Å²) >= 11 is 6.65. The number of anilines is 1. The van der Waals surface area contributed by atoms with E-state index in [4.69, 9.17) is 0 Å². The Labute approximate surface area is 175 Å². The Hall–Kier alpha value is -1.92. The Balaban J connectivity index is 2.50. The monoisotopic (exact) mass is 493 g/mol. The van der Waals surface area contributed by atoms with Gasteiger partial charge in [0.2, 0.25) is 6.41 Å². The number of allylic oxidation sites excluding steroid dienone is 1. The van der Waals surface area contributed by atoms with Crippen LogP contribution in [-0.2, 0) is 4.79 Å². The lowest BCUT2D eigenvalue weighted by Crippen LogP contribution is -2.06. The number of ketones is 1. The van der Waals surface area contributed by atoms with Crippen molar-refractivity contribution < 1.29 is 14.7 Å². The minimum atomic E-state index is 0.0758. The number of nitrogens with one attached hydrogen (secondary N) is 1. The molecule has 1 amide bonds. The molecule has 142 valence electrons. The molecule has 2 rings (SSSR count). The van der Waals surface area contributed by atoms with Crippen LogP contribution < -0.4 is 5.32 Å². The van der Waals surface area contributed by atoms with Gasteiger partial charge in [0.1, 0.15) is 5.75 Å². The fraction of sp³-hybridized carbons (Fsp3) is 0.238. The standard InChI is InChI=1S/C21H21Br2NO3/c1-12(2)6-20(26)15-4-5-19(24-11-25)16(10-15)13(3)7-14-8-17(22)21(27)18(23)9-14/h4-5,7-12,27H,6H2,1-3H3,(H,24,25)/b13-7+. The summed E-state index contributed by atoms with van der Waals surface area (Å²) in [6, 6.07) is 8.89. The van der Waals surface area contributed by atoms with Gasteiger partial charge in [0.25, 0.3) is 0 Å². The first-order chi connectivity index (χ1) is 12.7. The Morgan fingerprint density at radius 3 is 2.37 bits per heavy atom. The zero-order chi connectivity index (χ0) is 20.1. The lowest BCUT2D eigenvalue weighted by Gasteiger charge is -2.12. The van der Waals surface area contributed by atoms with Gasteiger partial charge in [-0.05, 0) is 86.2 Å². The molecule has 0 unspecified atom stereocenters. The molecule has 2 aromatic rings. The van der Waals surface area contributed by atoms with Gasteiger partial charge < -0.3 is 10.4 Å². The van der Waals surface area contributed by atoms with Crippen LogP contribution >= 0.6 is 31.9 Å². The third kappa shape index (κ3) is 5.53. The van der Waals surface area contributed by atoms with Crippen LogP contribution in [0.5, 0.6) is 5.75 Å². The average molecular weight is 495 g/mol. The van der Waals surface area contributed by atoms with Crippen molar-refractivity contribution in [2.24, 2.45) is 5.92 Å². The molecule has 2 aromatic carbocycles. The molecule has 0 aliphatic carbocycles. The summed E-state index contributed by atoms with van der Waals surface area (Å²) in [6.45, 7) is 5.93. The number of benzene rings is 2. The van der Waals surface area contributed by atoms with E-state index in [9.17, 15) is 14.7 Å². The van der Waals surface area contributed by atoms with Crippen molar-refractivity contribution in [2.45, 2.75) is 27.2 Å². The second kappa shape index (κ2) is 9.33. The predicted molar refractivity (Wildman–Crippen MR) is 117 cm³/mol. The minimum absolute atomic E-state index is 0.0758. The first kappa shape index (κ1) is 21.4. The van der Waals surface area contributed by atoms with Gasteiger partial charge in [-0.25, -0.2) is 0 Å². The van der Waals surface area contributed by atoms with Crippen molar-refractivity contribution in [1.29, 1.82) is 0 Å². The average Bonchev–Trinajstić information content (AvgIpc) is 2.59. The molecular formula is C21H21Br2NO3. The van der Waals surface area contributed by atoms with Gasteiger partial charge in [0, 0.05) is 23.2 Å². The van der Waals surface area contributed by atoms with Crippen LogP contribution in [0.2, 0.25) is 0 Å². The first-order valence-corrected chi connectivity index (χ1v) is 10.1. The number of carbonyl (C=O) groups is 2. The van der Waals surface area contributed by atoms with Crippen LogP contribution in [0.3, 0.4) is 0 Å². The highest BCUT2D eigenvalue weighted by molar-refractivity contribution is 9.11. The number of carbonyl (C=O) groups excluding carboxylic acids is 2. The highest BCUT2D eigenvalue weighted by atomic mass is 79.9. The van der Waals surface area contributed by atoms with Gasteiger partial charge in [-0.2, -0.15) is 0 Å². The maximum absolute atomic E-state index is 12.4. The van der Waals surface area contributed by atoms with Crippen molar-refractivity contribution in [3.05, 3.63) is 56.0 Å². The van der Waals surface area contributed by atoms with Crippen molar-refractivity contribution in [2.75, 3.05) is 5.32 Å². The van der Waals surface area contributed by atoms with Crippen molar-refractivity contribution >= 4 is 61.4 Å². The molecule has 0 saturated carbocycles.